The first-order valence-corrected chi connectivity index (χ1v) is 8.13. The average molecular weight is 366 g/mol. The maximum Gasteiger partial charge on any atom is 0.416 e. The first kappa shape index (κ1) is 19.8. The lowest BCUT2D eigenvalue weighted by molar-refractivity contribution is -0.137. The molecule has 2 rings (SSSR count). The van der Waals surface area contributed by atoms with Gasteiger partial charge in [-0.15, -0.1) is 0 Å². The second-order valence-corrected chi connectivity index (χ2v) is 5.88. The molecule has 1 atom stereocenters. The second-order valence-electron chi connectivity index (χ2n) is 5.88. The maximum absolute atomic E-state index is 12.6. The van der Waals surface area contributed by atoms with Crippen LogP contribution in [0.5, 0.6) is 5.75 Å². The van der Waals surface area contributed by atoms with Gasteiger partial charge in [0.25, 0.3) is 0 Å². The van der Waals surface area contributed by atoms with E-state index in [0.717, 1.165) is 17.9 Å². The molecule has 0 aliphatic carbocycles. The molecule has 1 N–H and O–H groups in total. The molecular formula is C19H21F3N2O2. The van der Waals surface area contributed by atoms with E-state index in [-0.39, 0.29) is 5.91 Å². The lowest BCUT2D eigenvalue weighted by atomic mass is 10.2. The summed E-state index contributed by atoms with van der Waals surface area (Å²) in [6.45, 7) is 2.66. The highest BCUT2D eigenvalue weighted by Crippen LogP contribution is 2.29. The number of hydrogen-bond acceptors (Lipinski definition) is 3. The van der Waals surface area contributed by atoms with Crippen LogP contribution >= 0.6 is 0 Å². The summed E-state index contributed by atoms with van der Waals surface area (Å²) < 4.78 is 43.2. The Bertz CT molecular complexity index is 703. The van der Waals surface area contributed by atoms with Crippen LogP contribution in [0.25, 0.3) is 0 Å². The van der Waals surface area contributed by atoms with Gasteiger partial charge in [-0.1, -0.05) is 18.2 Å². The van der Waals surface area contributed by atoms with Crippen molar-refractivity contribution in [3.05, 3.63) is 60.2 Å². The van der Waals surface area contributed by atoms with E-state index < -0.39 is 17.8 Å². The topological polar surface area (TPSA) is 41.6 Å². The lowest BCUT2D eigenvalue weighted by Crippen LogP contribution is -2.41. The fourth-order valence-corrected chi connectivity index (χ4v) is 2.21. The standard InChI is InChI=1S/C19H21F3N2O2/c1-14(24(2)12-13-26-17-6-4-3-5-7-17)18(25)23-16-10-8-15(9-11-16)19(20,21)22/h3-11,14H,12-13H2,1-2H3,(H,23,25). The van der Waals surface area contributed by atoms with Crippen LogP contribution in [0.3, 0.4) is 0 Å². The van der Waals surface area contributed by atoms with Gasteiger partial charge in [-0.2, -0.15) is 13.2 Å². The highest BCUT2D eigenvalue weighted by Gasteiger charge is 2.30. The zero-order chi connectivity index (χ0) is 19.2. The van der Waals surface area contributed by atoms with Gasteiger partial charge in [0.05, 0.1) is 11.6 Å². The molecule has 0 saturated carbocycles. The number of nitrogens with zero attached hydrogens (tertiary/aromatic N) is 1. The Balaban J connectivity index is 1.82. The molecule has 1 amide bonds. The summed E-state index contributed by atoms with van der Waals surface area (Å²) >= 11 is 0. The van der Waals surface area contributed by atoms with E-state index in [9.17, 15) is 18.0 Å². The molecule has 0 radical (unpaired) electrons. The van der Waals surface area contributed by atoms with Crippen molar-refractivity contribution in [3.63, 3.8) is 0 Å². The number of anilines is 1. The van der Waals surface area contributed by atoms with E-state index >= 15 is 0 Å². The molecule has 0 bridgehead atoms. The molecule has 26 heavy (non-hydrogen) atoms. The molecule has 1 unspecified atom stereocenters. The summed E-state index contributed by atoms with van der Waals surface area (Å²) in [5, 5.41) is 2.62. The van der Waals surface area contributed by atoms with Crippen molar-refractivity contribution >= 4 is 11.6 Å². The van der Waals surface area contributed by atoms with Crippen molar-refractivity contribution in [2.75, 3.05) is 25.5 Å². The number of alkyl halides is 3. The van der Waals surface area contributed by atoms with Gasteiger partial charge in [-0.25, -0.2) is 0 Å². The van der Waals surface area contributed by atoms with E-state index in [2.05, 4.69) is 5.32 Å². The Morgan fingerprint density at radius 1 is 1.12 bits per heavy atom. The Kier molecular flexibility index (Phi) is 6.63. The average Bonchev–Trinajstić information content (AvgIpc) is 2.61. The van der Waals surface area contributed by atoms with E-state index in [0.29, 0.717) is 18.8 Å². The van der Waals surface area contributed by atoms with E-state index in [1.54, 1.807) is 14.0 Å². The molecule has 0 aliphatic rings. The number of hydrogen-bond donors (Lipinski definition) is 1. The Hall–Kier alpha value is -2.54. The van der Waals surface area contributed by atoms with Gasteiger partial charge in [0.2, 0.25) is 5.91 Å². The van der Waals surface area contributed by atoms with Crippen molar-refractivity contribution < 1.29 is 22.7 Å². The van der Waals surface area contributed by atoms with Gasteiger partial charge in [-0.3, -0.25) is 9.69 Å². The summed E-state index contributed by atoms with van der Waals surface area (Å²) in [4.78, 5) is 14.1. The van der Waals surface area contributed by atoms with E-state index in [1.807, 2.05) is 35.2 Å². The van der Waals surface area contributed by atoms with E-state index in [1.165, 1.54) is 12.1 Å². The molecule has 2 aromatic rings. The number of ether oxygens (including phenoxy) is 1. The molecule has 2 aromatic carbocycles. The summed E-state index contributed by atoms with van der Waals surface area (Å²) in [6, 6.07) is 13.2. The van der Waals surface area contributed by atoms with Crippen molar-refractivity contribution in [2.24, 2.45) is 0 Å². The van der Waals surface area contributed by atoms with Crippen LogP contribution in [0.15, 0.2) is 54.6 Å². The Morgan fingerprint density at radius 3 is 2.31 bits per heavy atom. The molecule has 0 spiro atoms. The van der Waals surface area contributed by atoms with Crippen LogP contribution in [0, 0.1) is 0 Å². The minimum Gasteiger partial charge on any atom is -0.492 e. The number of likely N-dealkylation sites (N-methyl/N-ethyl adjacent to an activating group) is 1. The number of benzene rings is 2. The molecule has 0 saturated heterocycles. The number of carbonyl (C=O) groups excluding carboxylic acids is 1. The monoisotopic (exact) mass is 366 g/mol. The molecule has 0 aliphatic heterocycles. The third-order valence-corrected chi connectivity index (χ3v) is 3.98. The highest BCUT2D eigenvalue weighted by molar-refractivity contribution is 5.94. The van der Waals surface area contributed by atoms with Gasteiger partial charge in [0, 0.05) is 12.2 Å². The highest BCUT2D eigenvalue weighted by atomic mass is 19.4. The van der Waals surface area contributed by atoms with E-state index in [4.69, 9.17) is 4.74 Å². The van der Waals surface area contributed by atoms with Crippen LogP contribution in [0.2, 0.25) is 0 Å². The summed E-state index contributed by atoms with van der Waals surface area (Å²) in [5.41, 5.74) is -0.428. The zero-order valence-electron chi connectivity index (χ0n) is 14.6. The smallest absolute Gasteiger partial charge is 0.416 e. The molecule has 0 aromatic heterocycles. The first-order chi connectivity index (χ1) is 12.3. The summed E-state index contributed by atoms with van der Waals surface area (Å²) in [6.07, 6.45) is -4.39. The van der Waals surface area contributed by atoms with Crippen molar-refractivity contribution in [2.45, 2.75) is 19.1 Å². The minimum atomic E-state index is -4.39. The minimum absolute atomic E-state index is 0.299. The van der Waals surface area contributed by atoms with Gasteiger partial charge < -0.3 is 10.1 Å². The zero-order valence-corrected chi connectivity index (χ0v) is 14.6. The lowest BCUT2D eigenvalue weighted by Gasteiger charge is -2.24. The van der Waals surface area contributed by atoms with Gasteiger partial charge in [0.15, 0.2) is 0 Å². The maximum atomic E-state index is 12.6. The first-order valence-electron chi connectivity index (χ1n) is 8.13. The fraction of sp³-hybridized carbons (Fsp3) is 0.316. The quantitative estimate of drug-likeness (QED) is 0.804. The van der Waals surface area contributed by atoms with Crippen LogP contribution in [-0.2, 0) is 11.0 Å². The third-order valence-electron chi connectivity index (χ3n) is 3.98. The number of carbonyl (C=O) groups is 1. The summed E-state index contributed by atoms with van der Waals surface area (Å²) in [5.74, 6) is 0.453. The number of para-hydroxylation sites is 1. The Morgan fingerprint density at radius 2 is 1.73 bits per heavy atom. The number of halogens is 3. The molecule has 140 valence electrons. The second kappa shape index (κ2) is 8.71. The Labute approximate surface area is 150 Å². The molecule has 4 nitrogen and oxygen atoms in total. The summed E-state index contributed by atoms with van der Waals surface area (Å²) in [7, 11) is 1.78. The van der Waals surface area contributed by atoms with Gasteiger partial charge in [-0.05, 0) is 50.4 Å². The largest absolute Gasteiger partial charge is 0.492 e. The molecular weight excluding hydrogens is 345 g/mol. The van der Waals surface area contributed by atoms with Gasteiger partial charge in [0.1, 0.15) is 12.4 Å². The van der Waals surface area contributed by atoms with Crippen LogP contribution in [-0.4, -0.2) is 37.0 Å². The predicted octanol–water partition coefficient (Wildman–Crippen LogP) is 4.04. The molecule has 0 fully saturated rings. The van der Waals surface area contributed by atoms with Crippen molar-refractivity contribution in [1.82, 2.24) is 4.90 Å². The van der Waals surface area contributed by atoms with Crippen LogP contribution < -0.4 is 10.1 Å². The molecule has 7 heteroatoms. The van der Waals surface area contributed by atoms with Crippen molar-refractivity contribution in [1.29, 1.82) is 0 Å². The number of amides is 1. The van der Waals surface area contributed by atoms with Crippen LogP contribution in [0.1, 0.15) is 12.5 Å². The SMILES string of the molecule is CC(C(=O)Nc1ccc(C(F)(F)F)cc1)N(C)CCOc1ccccc1. The number of rotatable bonds is 7. The molecule has 0 heterocycles. The van der Waals surface area contributed by atoms with Crippen molar-refractivity contribution in [3.8, 4) is 5.75 Å². The van der Waals surface area contributed by atoms with Gasteiger partial charge >= 0.3 is 6.18 Å². The third kappa shape index (κ3) is 5.77. The fourth-order valence-electron chi connectivity index (χ4n) is 2.21. The van der Waals surface area contributed by atoms with Crippen LogP contribution in [0.4, 0.5) is 18.9 Å². The number of nitrogens with one attached hydrogen (secondary N) is 1. The predicted molar refractivity (Wildman–Crippen MR) is 94.1 cm³/mol. The normalized spacial score (nSPS) is 12.7.